The summed E-state index contributed by atoms with van der Waals surface area (Å²) in [5, 5.41) is 4.79. The van der Waals surface area contributed by atoms with Gasteiger partial charge in [-0.2, -0.15) is 0 Å². The lowest BCUT2D eigenvalue weighted by molar-refractivity contribution is -0.119. The van der Waals surface area contributed by atoms with Crippen LogP contribution in [0.3, 0.4) is 0 Å². The summed E-state index contributed by atoms with van der Waals surface area (Å²) in [5.41, 5.74) is 0.391. The van der Waals surface area contributed by atoms with Gasteiger partial charge in [0, 0.05) is 36.2 Å². The molecular weight excluding hydrogens is 460 g/mol. The third kappa shape index (κ3) is 5.91. The minimum absolute atomic E-state index is 0.0417. The lowest BCUT2D eigenvalue weighted by atomic mass is 9.95. The Hall–Kier alpha value is -1.61. The van der Waals surface area contributed by atoms with Crippen LogP contribution >= 0.6 is 23.4 Å². The highest BCUT2D eigenvalue weighted by Crippen LogP contribution is 2.31. The Morgan fingerprint density at radius 1 is 1.24 bits per heavy atom. The molecular formula is C24H33ClN4O3S. The fraction of sp³-hybridized carbons (Fsp3) is 0.625. The Bertz CT molecular complexity index is 1050. The van der Waals surface area contributed by atoms with Crippen LogP contribution in [0.15, 0.2) is 28.2 Å². The van der Waals surface area contributed by atoms with Gasteiger partial charge in [-0.1, -0.05) is 42.6 Å². The van der Waals surface area contributed by atoms with E-state index in [4.69, 9.17) is 21.3 Å². The van der Waals surface area contributed by atoms with E-state index in [9.17, 15) is 9.59 Å². The third-order valence-electron chi connectivity index (χ3n) is 6.69. The molecule has 2 fully saturated rings. The summed E-state index contributed by atoms with van der Waals surface area (Å²) in [6.07, 6.45) is 5.35. The van der Waals surface area contributed by atoms with Crippen LogP contribution in [0.1, 0.15) is 52.0 Å². The van der Waals surface area contributed by atoms with Crippen LogP contribution in [0.5, 0.6) is 0 Å². The van der Waals surface area contributed by atoms with Crippen LogP contribution in [-0.2, 0) is 9.53 Å². The molecule has 7 nitrogen and oxygen atoms in total. The summed E-state index contributed by atoms with van der Waals surface area (Å²) in [6.45, 7) is 8.03. The first-order chi connectivity index (χ1) is 15.8. The van der Waals surface area contributed by atoms with Gasteiger partial charge < -0.3 is 10.1 Å². The van der Waals surface area contributed by atoms with E-state index in [-0.39, 0.29) is 28.8 Å². The molecule has 0 bridgehead atoms. The molecule has 1 aromatic heterocycles. The first-order valence-electron chi connectivity index (χ1n) is 11.8. The van der Waals surface area contributed by atoms with Crippen LogP contribution in [0.25, 0.3) is 10.9 Å². The molecule has 180 valence electrons. The fourth-order valence-corrected chi connectivity index (χ4v) is 5.75. The predicted octanol–water partition coefficient (Wildman–Crippen LogP) is 3.87. The number of hydrogen-bond donors (Lipinski definition) is 1. The number of carbonyl (C=O) groups is 1. The first kappa shape index (κ1) is 24.5. The summed E-state index contributed by atoms with van der Waals surface area (Å²) < 4.78 is 7.27. The molecule has 1 aromatic carbocycles. The van der Waals surface area contributed by atoms with Gasteiger partial charge in [0.05, 0.1) is 29.9 Å². The van der Waals surface area contributed by atoms with E-state index >= 15 is 0 Å². The Morgan fingerprint density at radius 3 is 2.70 bits per heavy atom. The molecule has 0 unspecified atom stereocenters. The standard InChI is InChI=1S/C24H33ClN4O3S/c1-24(2,28-10-12-32-13-11-28)16-26-21(30)15-33-23-27-20-14-17(25)8-9-19(20)22(31)29(23)18-6-4-3-5-7-18/h8-9,14,18H,3-7,10-13,15-16H2,1-2H3,(H,26,30). The normalized spacial score (nSPS) is 18.5. The molecule has 9 heteroatoms. The van der Waals surface area contributed by atoms with E-state index in [1.807, 2.05) is 4.57 Å². The fourth-order valence-electron chi connectivity index (χ4n) is 4.69. The molecule has 4 rings (SSSR count). The van der Waals surface area contributed by atoms with Crippen LogP contribution < -0.4 is 10.9 Å². The van der Waals surface area contributed by atoms with Crippen LogP contribution in [-0.4, -0.2) is 64.5 Å². The van der Waals surface area contributed by atoms with Crippen molar-refractivity contribution in [3.05, 3.63) is 33.6 Å². The second kappa shape index (κ2) is 10.8. The highest BCUT2D eigenvalue weighted by atomic mass is 35.5. The number of nitrogens with one attached hydrogen (secondary N) is 1. The molecule has 2 aliphatic rings. The van der Waals surface area contributed by atoms with Crippen LogP contribution in [0, 0.1) is 0 Å². The predicted molar refractivity (Wildman–Crippen MR) is 133 cm³/mol. The molecule has 33 heavy (non-hydrogen) atoms. The van der Waals surface area contributed by atoms with Gasteiger partial charge in [0.15, 0.2) is 5.16 Å². The van der Waals surface area contributed by atoms with Gasteiger partial charge in [0.1, 0.15) is 0 Å². The van der Waals surface area contributed by atoms with E-state index in [0.29, 0.717) is 27.6 Å². The van der Waals surface area contributed by atoms with Crippen molar-refractivity contribution < 1.29 is 9.53 Å². The molecule has 1 saturated heterocycles. The topological polar surface area (TPSA) is 76.5 Å². The van der Waals surface area contributed by atoms with Gasteiger partial charge in [-0.05, 0) is 44.9 Å². The van der Waals surface area contributed by atoms with Gasteiger partial charge >= 0.3 is 0 Å². The highest BCUT2D eigenvalue weighted by molar-refractivity contribution is 7.99. The SMILES string of the molecule is CC(C)(CNC(=O)CSc1nc2cc(Cl)ccc2c(=O)n1C1CCCCC1)N1CCOCC1. The van der Waals surface area contributed by atoms with Gasteiger partial charge in [0.25, 0.3) is 5.56 Å². The maximum absolute atomic E-state index is 13.4. The Morgan fingerprint density at radius 2 is 1.97 bits per heavy atom. The minimum atomic E-state index is -0.147. The first-order valence-corrected chi connectivity index (χ1v) is 13.2. The van der Waals surface area contributed by atoms with Gasteiger partial charge in [-0.25, -0.2) is 4.98 Å². The number of aromatic nitrogens is 2. The molecule has 0 radical (unpaired) electrons. The number of ether oxygens (including phenoxy) is 1. The zero-order valence-electron chi connectivity index (χ0n) is 19.4. The highest BCUT2D eigenvalue weighted by Gasteiger charge is 2.29. The zero-order chi connectivity index (χ0) is 23.4. The number of hydrogen-bond acceptors (Lipinski definition) is 6. The van der Waals surface area contributed by atoms with Crippen LogP contribution in [0.4, 0.5) is 0 Å². The third-order valence-corrected chi connectivity index (χ3v) is 7.88. The van der Waals surface area contributed by atoms with E-state index in [2.05, 4.69) is 24.1 Å². The molecule has 1 saturated carbocycles. The molecule has 1 aliphatic carbocycles. The van der Waals surface area contributed by atoms with E-state index < -0.39 is 0 Å². The van der Waals surface area contributed by atoms with Crippen molar-refractivity contribution in [2.24, 2.45) is 0 Å². The van der Waals surface area contributed by atoms with Gasteiger partial charge in [-0.15, -0.1) is 0 Å². The van der Waals surface area contributed by atoms with Crippen molar-refractivity contribution in [3.63, 3.8) is 0 Å². The maximum atomic E-state index is 13.4. The summed E-state index contributed by atoms with van der Waals surface area (Å²) >= 11 is 7.49. The Kier molecular flexibility index (Phi) is 7.99. The van der Waals surface area contributed by atoms with Gasteiger partial charge in [-0.3, -0.25) is 19.1 Å². The molecule has 2 aromatic rings. The molecule has 2 heterocycles. The Balaban J connectivity index is 1.48. The second-order valence-corrected chi connectivity index (χ2v) is 10.9. The zero-order valence-corrected chi connectivity index (χ0v) is 21.0. The lowest BCUT2D eigenvalue weighted by Crippen LogP contribution is -2.55. The van der Waals surface area contributed by atoms with Crippen molar-refractivity contribution in [1.29, 1.82) is 0 Å². The molecule has 0 atom stereocenters. The molecule has 1 aliphatic heterocycles. The monoisotopic (exact) mass is 492 g/mol. The summed E-state index contributed by atoms with van der Waals surface area (Å²) in [6, 6.07) is 5.33. The maximum Gasteiger partial charge on any atom is 0.262 e. The minimum Gasteiger partial charge on any atom is -0.379 e. The number of nitrogens with zero attached hydrogens (tertiary/aromatic N) is 3. The number of benzene rings is 1. The quantitative estimate of drug-likeness (QED) is 0.467. The lowest BCUT2D eigenvalue weighted by Gasteiger charge is -2.40. The average Bonchev–Trinajstić information content (AvgIpc) is 2.82. The largest absolute Gasteiger partial charge is 0.379 e. The average molecular weight is 493 g/mol. The number of rotatable bonds is 7. The van der Waals surface area contributed by atoms with Crippen molar-refractivity contribution in [3.8, 4) is 0 Å². The van der Waals surface area contributed by atoms with E-state index in [1.54, 1.807) is 18.2 Å². The van der Waals surface area contributed by atoms with Crippen LogP contribution in [0.2, 0.25) is 5.02 Å². The van der Waals surface area contributed by atoms with E-state index in [1.165, 1.54) is 18.2 Å². The summed E-state index contributed by atoms with van der Waals surface area (Å²) in [5.74, 6) is 0.154. The number of thioether (sulfide) groups is 1. The van der Waals surface area contributed by atoms with Crippen molar-refractivity contribution in [2.45, 2.75) is 62.7 Å². The number of fused-ring (bicyclic) bond motifs is 1. The number of halogens is 1. The van der Waals surface area contributed by atoms with Crippen molar-refractivity contribution in [2.75, 3.05) is 38.6 Å². The molecule has 1 amide bonds. The number of morpholine rings is 1. The van der Waals surface area contributed by atoms with Crippen molar-refractivity contribution in [1.82, 2.24) is 19.8 Å². The number of carbonyl (C=O) groups excluding carboxylic acids is 1. The second-order valence-electron chi connectivity index (χ2n) is 9.50. The summed E-state index contributed by atoms with van der Waals surface area (Å²) in [7, 11) is 0. The van der Waals surface area contributed by atoms with Crippen molar-refractivity contribution >= 4 is 40.2 Å². The number of amides is 1. The van der Waals surface area contributed by atoms with Gasteiger partial charge in [0.2, 0.25) is 5.91 Å². The Labute approximate surface area is 204 Å². The molecule has 1 N–H and O–H groups in total. The van der Waals surface area contributed by atoms with E-state index in [0.717, 1.165) is 52.0 Å². The smallest absolute Gasteiger partial charge is 0.262 e. The summed E-state index contributed by atoms with van der Waals surface area (Å²) in [4.78, 5) is 33.2. The molecule has 0 spiro atoms.